The van der Waals surface area contributed by atoms with Gasteiger partial charge in [-0.3, -0.25) is 11.2 Å². The van der Waals surface area contributed by atoms with Gasteiger partial charge in [0.15, 0.2) is 0 Å². The first kappa shape index (κ1) is 10.2. The molecule has 5 nitrogen and oxygen atoms in total. The van der Waals surface area contributed by atoms with Crippen molar-refractivity contribution in [2.24, 2.45) is 16.5 Å². The summed E-state index contributed by atoms with van der Waals surface area (Å²) < 4.78 is 13.1. The molecule has 80 valence electrons. The van der Waals surface area contributed by atoms with Crippen LogP contribution in [0, 0.1) is 5.82 Å². The average molecular weight is 230 g/mol. The third-order valence-corrected chi connectivity index (χ3v) is 2.20. The lowest BCUT2D eigenvalue weighted by Gasteiger charge is -2.20. The molecule has 15 heavy (non-hydrogen) atoms. The highest BCUT2D eigenvalue weighted by atomic mass is 35.5. The fourth-order valence-corrected chi connectivity index (χ4v) is 1.54. The molecule has 0 aromatic heterocycles. The first-order valence-electron chi connectivity index (χ1n) is 4.13. The van der Waals surface area contributed by atoms with Crippen LogP contribution in [0.1, 0.15) is 5.56 Å². The van der Waals surface area contributed by atoms with Gasteiger partial charge in [-0.25, -0.2) is 9.38 Å². The quantitative estimate of drug-likeness (QED) is 0.545. The van der Waals surface area contributed by atoms with Crippen molar-refractivity contribution in [3.05, 3.63) is 34.6 Å². The molecule has 1 atom stereocenters. The van der Waals surface area contributed by atoms with Gasteiger partial charge in [-0.2, -0.15) is 5.43 Å². The summed E-state index contributed by atoms with van der Waals surface area (Å²) in [4.78, 5) is 3.90. The van der Waals surface area contributed by atoms with Crippen LogP contribution in [0.25, 0.3) is 0 Å². The Balaban J connectivity index is 2.45. The predicted octanol–water partition coefficient (Wildman–Crippen LogP) is -0.0294. The van der Waals surface area contributed by atoms with E-state index in [0.29, 0.717) is 5.56 Å². The maximum atomic E-state index is 13.1. The number of hydrogen-bond acceptors (Lipinski definition) is 5. The molecule has 0 bridgehead atoms. The van der Waals surface area contributed by atoms with Crippen LogP contribution < -0.4 is 22.3 Å². The second-order valence-electron chi connectivity index (χ2n) is 3.17. The molecule has 0 aliphatic carbocycles. The van der Waals surface area contributed by atoms with E-state index in [-0.39, 0.29) is 11.0 Å². The second kappa shape index (κ2) is 3.34. The Morgan fingerprint density at radius 3 is 2.67 bits per heavy atom. The lowest BCUT2D eigenvalue weighted by atomic mass is 10.1. The van der Waals surface area contributed by atoms with Crippen molar-refractivity contribution >= 4 is 17.6 Å². The van der Waals surface area contributed by atoms with E-state index in [0.717, 1.165) is 0 Å². The molecule has 0 amide bonds. The minimum Gasteiger partial charge on any atom is -0.369 e. The van der Waals surface area contributed by atoms with Crippen LogP contribution in [-0.4, -0.2) is 5.96 Å². The second-order valence-corrected chi connectivity index (χ2v) is 3.61. The number of rotatable bonds is 1. The van der Waals surface area contributed by atoms with E-state index in [4.69, 9.17) is 23.1 Å². The number of guanidine groups is 1. The van der Waals surface area contributed by atoms with Gasteiger partial charge in [0.05, 0.1) is 0 Å². The Kier molecular flexibility index (Phi) is 2.26. The number of aliphatic imine (C=N–C) groups is 1. The van der Waals surface area contributed by atoms with Gasteiger partial charge in [0.2, 0.25) is 11.7 Å². The molecule has 1 aromatic carbocycles. The van der Waals surface area contributed by atoms with E-state index in [1.54, 1.807) is 0 Å². The highest BCUT2D eigenvalue weighted by Crippen LogP contribution is 2.23. The molecule has 6 N–H and O–H groups in total. The van der Waals surface area contributed by atoms with Crippen molar-refractivity contribution < 1.29 is 4.39 Å². The van der Waals surface area contributed by atoms with Crippen LogP contribution in [0.15, 0.2) is 23.2 Å². The van der Waals surface area contributed by atoms with Crippen molar-refractivity contribution in [1.82, 2.24) is 10.9 Å². The van der Waals surface area contributed by atoms with E-state index < -0.39 is 11.6 Å². The number of hydrogen-bond donors (Lipinski definition) is 4. The minimum absolute atomic E-state index is 0.137. The number of halogens is 2. The normalized spacial score (nSPS) is 24.9. The first-order valence-corrected chi connectivity index (χ1v) is 4.51. The summed E-state index contributed by atoms with van der Waals surface area (Å²) in [6.07, 6.45) is 0. The van der Waals surface area contributed by atoms with Crippen LogP contribution in [0.2, 0.25) is 5.02 Å². The summed E-state index contributed by atoms with van der Waals surface area (Å²) in [5, 5.41) is 0.247. The maximum absolute atomic E-state index is 13.1. The molecule has 0 radical (unpaired) electrons. The molecule has 1 heterocycles. The molecule has 2 rings (SSSR count). The van der Waals surface area contributed by atoms with Crippen molar-refractivity contribution in [2.75, 3.05) is 0 Å². The van der Waals surface area contributed by atoms with E-state index in [9.17, 15) is 4.39 Å². The lowest BCUT2D eigenvalue weighted by molar-refractivity contribution is 0.373. The molecule has 7 heteroatoms. The number of nitrogens with one attached hydrogen (secondary N) is 2. The predicted molar refractivity (Wildman–Crippen MR) is 55.2 cm³/mol. The zero-order valence-corrected chi connectivity index (χ0v) is 8.35. The van der Waals surface area contributed by atoms with Crippen molar-refractivity contribution in [3.8, 4) is 0 Å². The zero-order chi connectivity index (χ0) is 11.1. The molecule has 1 aliphatic heterocycles. The van der Waals surface area contributed by atoms with Crippen LogP contribution >= 0.6 is 11.6 Å². The maximum Gasteiger partial charge on any atom is 0.209 e. The minimum atomic E-state index is -1.28. The third-order valence-electron chi connectivity index (χ3n) is 1.98. The van der Waals surface area contributed by atoms with Gasteiger partial charge in [-0.05, 0) is 18.2 Å². The third kappa shape index (κ3) is 1.87. The van der Waals surface area contributed by atoms with Gasteiger partial charge in [0.25, 0.3) is 0 Å². The number of nitrogens with two attached hydrogens (primary N) is 2. The Labute approximate surface area is 90.3 Å². The highest BCUT2D eigenvalue weighted by molar-refractivity contribution is 6.30. The average Bonchev–Trinajstić information content (AvgIpc) is 2.46. The Hall–Kier alpha value is -1.37. The van der Waals surface area contributed by atoms with Gasteiger partial charge in [-0.15, -0.1) is 0 Å². The SMILES string of the molecule is NC1=NC(N)(c2cc(F)cc(Cl)c2)NN1. The van der Waals surface area contributed by atoms with E-state index in [1.165, 1.54) is 18.2 Å². The van der Waals surface area contributed by atoms with Crippen LogP contribution in [0.5, 0.6) is 0 Å². The number of benzene rings is 1. The van der Waals surface area contributed by atoms with Gasteiger partial charge in [0, 0.05) is 10.6 Å². The molecule has 0 saturated carbocycles. The van der Waals surface area contributed by atoms with E-state index in [2.05, 4.69) is 15.8 Å². The largest absolute Gasteiger partial charge is 0.369 e. The standard InChI is InChI=1S/C8H9ClFN5/c9-5-1-4(2-6(10)3-5)8(12)13-7(11)14-15-8/h1-3,15H,12H2,(H3,11,13,14). The van der Waals surface area contributed by atoms with Gasteiger partial charge < -0.3 is 5.73 Å². The molecular weight excluding hydrogens is 221 g/mol. The van der Waals surface area contributed by atoms with E-state index >= 15 is 0 Å². The summed E-state index contributed by atoms with van der Waals surface area (Å²) in [5.74, 6) is -1.63. The van der Waals surface area contributed by atoms with Gasteiger partial charge in [-0.1, -0.05) is 11.6 Å². The van der Waals surface area contributed by atoms with E-state index in [1.807, 2.05) is 0 Å². The van der Waals surface area contributed by atoms with Gasteiger partial charge >= 0.3 is 0 Å². The molecule has 0 spiro atoms. The monoisotopic (exact) mass is 229 g/mol. The molecule has 1 unspecified atom stereocenters. The summed E-state index contributed by atoms with van der Waals surface area (Å²) in [5.41, 5.74) is 16.8. The topological polar surface area (TPSA) is 88.5 Å². The van der Waals surface area contributed by atoms with Crippen LogP contribution in [-0.2, 0) is 5.79 Å². The molecule has 1 aliphatic rings. The molecule has 0 fully saturated rings. The fraction of sp³-hybridized carbons (Fsp3) is 0.125. The van der Waals surface area contributed by atoms with Crippen LogP contribution in [0.4, 0.5) is 4.39 Å². The molecular formula is C8H9ClFN5. The summed E-state index contributed by atoms with van der Waals surface area (Å²) in [6, 6.07) is 3.94. The Bertz CT molecular complexity index is 415. The highest BCUT2D eigenvalue weighted by Gasteiger charge is 2.32. The molecule has 1 aromatic rings. The molecule has 0 saturated heterocycles. The van der Waals surface area contributed by atoms with Crippen molar-refractivity contribution in [3.63, 3.8) is 0 Å². The number of nitrogens with zero attached hydrogens (tertiary/aromatic N) is 1. The summed E-state index contributed by atoms with van der Waals surface area (Å²) in [6.45, 7) is 0. The Morgan fingerprint density at radius 1 is 1.40 bits per heavy atom. The first-order chi connectivity index (χ1) is 6.99. The summed E-state index contributed by atoms with van der Waals surface area (Å²) in [7, 11) is 0. The fourth-order valence-electron chi connectivity index (χ4n) is 1.32. The smallest absolute Gasteiger partial charge is 0.209 e. The van der Waals surface area contributed by atoms with Crippen LogP contribution in [0.3, 0.4) is 0 Å². The zero-order valence-electron chi connectivity index (χ0n) is 7.59. The number of hydrazine groups is 1. The van der Waals surface area contributed by atoms with Gasteiger partial charge in [0.1, 0.15) is 5.82 Å². The lowest BCUT2D eigenvalue weighted by Crippen LogP contribution is -2.50. The van der Waals surface area contributed by atoms with Crippen molar-refractivity contribution in [1.29, 1.82) is 0 Å². The summed E-state index contributed by atoms with van der Waals surface area (Å²) >= 11 is 5.70. The Morgan fingerprint density at radius 2 is 2.13 bits per heavy atom. The van der Waals surface area contributed by atoms with Crippen molar-refractivity contribution in [2.45, 2.75) is 5.79 Å².